The van der Waals surface area contributed by atoms with Gasteiger partial charge in [0.2, 0.25) is 0 Å². The molecule has 0 atom stereocenters. The number of nitrogens with one attached hydrogen (secondary N) is 1. The number of aromatic hydroxyl groups is 1. The van der Waals surface area contributed by atoms with Crippen LogP contribution in [-0.4, -0.2) is 29.3 Å². The molecule has 0 aliphatic heterocycles. The molecule has 0 unspecified atom stereocenters. The molecular weight excluding hydrogens is 350 g/mol. The molecule has 3 rings (SSSR count). The number of rotatable bonds is 5. The van der Waals surface area contributed by atoms with Gasteiger partial charge >= 0.3 is 0 Å². The summed E-state index contributed by atoms with van der Waals surface area (Å²) in [5.74, 6) is 0.649. The second kappa shape index (κ2) is 8.31. The van der Waals surface area contributed by atoms with Crippen molar-refractivity contribution in [3.63, 3.8) is 0 Å². The van der Waals surface area contributed by atoms with Crippen LogP contribution in [0, 0.1) is 6.92 Å². The average Bonchev–Trinajstić information content (AvgIpc) is 3.04. The number of thiazole rings is 1. The van der Waals surface area contributed by atoms with Crippen molar-refractivity contribution < 1.29 is 14.6 Å². The number of hydrogen-bond acceptors (Lipinski definition) is 6. The predicted molar refractivity (Wildman–Crippen MR) is 102 cm³/mol. The Balaban J connectivity index is 1.64. The smallest absolute Gasteiger partial charge is 0.283 e. The van der Waals surface area contributed by atoms with E-state index in [0.29, 0.717) is 22.1 Å². The monoisotopic (exact) mass is 373 g/mol. The quantitative estimate of drug-likeness (QED) is 0.613. The van der Waals surface area contributed by atoms with Crippen LogP contribution in [0.2, 0.25) is 0 Å². The van der Waals surface area contributed by atoms with Gasteiger partial charge in [-0.15, -0.1) is 11.3 Å². The Morgan fingerprint density at radius 1 is 1.38 bits per heavy atom. The van der Waals surface area contributed by atoms with E-state index in [-0.39, 0.29) is 11.7 Å². The number of hydrogen-bond donors (Lipinski definition) is 2. The molecule has 26 heavy (non-hydrogen) atoms. The molecule has 0 bridgehead atoms. The Labute approximate surface area is 156 Å². The van der Waals surface area contributed by atoms with Crippen molar-refractivity contribution in [1.29, 1.82) is 0 Å². The van der Waals surface area contributed by atoms with Gasteiger partial charge in [-0.2, -0.15) is 5.10 Å². The van der Waals surface area contributed by atoms with E-state index in [2.05, 4.69) is 15.5 Å². The number of nitrogens with zero attached hydrogens (tertiary/aromatic N) is 2. The number of hydrazone groups is 1. The van der Waals surface area contributed by atoms with Crippen molar-refractivity contribution in [3.05, 3.63) is 39.3 Å². The number of benzene rings is 1. The molecule has 1 amide bonds. The molecule has 1 aliphatic rings. The Morgan fingerprint density at radius 2 is 2.15 bits per heavy atom. The van der Waals surface area contributed by atoms with Crippen molar-refractivity contribution in [1.82, 2.24) is 10.4 Å². The maximum atomic E-state index is 12.4. The largest absolute Gasteiger partial charge is 0.504 e. The average molecular weight is 373 g/mol. The van der Waals surface area contributed by atoms with Crippen LogP contribution in [0.4, 0.5) is 0 Å². The van der Waals surface area contributed by atoms with Gasteiger partial charge in [-0.1, -0.05) is 19.3 Å². The zero-order valence-corrected chi connectivity index (χ0v) is 15.8. The van der Waals surface area contributed by atoms with Crippen LogP contribution in [0.25, 0.3) is 0 Å². The second-order valence-corrected chi connectivity index (χ2v) is 7.46. The van der Waals surface area contributed by atoms with Crippen LogP contribution >= 0.6 is 11.3 Å². The molecule has 2 aromatic rings. The van der Waals surface area contributed by atoms with Crippen LogP contribution in [0.1, 0.15) is 64.0 Å². The van der Waals surface area contributed by atoms with Crippen LogP contribution in [0.5, 0.6) is 11.5 Å². The number of ether oxygens (including phenoxy) is 1. The van der Waals surface area contributed by atoms with E-state index in [1.807, 2.05) is 6.92 Å². The lowest BCUT2D eigenvalue weighted by atomic mass is 9.90. The predicted octanol–water partition coefficient (Wildman–Crippen LogP) is 3.98. The number of carbonyl (C=O) groups excluding carboxylic acids is 1. The standard InChI is InChI=1S/C19H23N3O3S/c1-12-17(26-19(21-12)14-6-4-3-5-7-14)18(24)22-20-11-13-8-9-16(25-2)15(23)10-13/h8-11,14,23H,3-7H2,1-2H3,(H,22,24)/b20-11+. The maximum absolute atomic E-state index is 12.4. The van der Waals surface area contributed by atoms with Crippen LogP contribution in [0.3, 0.4) is 0 Å². The maximum Gasteiger partial charge on any atom is 0.283 e. The summed E-state index contributed by atoms with van der Waals surface area (Å²) < 4.78 is 5.00. The summed E-state index contributed by atoms with van der Waals surface area (Å²) in [4.78, 5) is 17.6. The number of carbonyl (C=O) groups is 1. The summed E-state index contributed by atoms with van der Waals surface area (Å²) in [6.45, 7) is 1.86. The first-order valence-corrected chi connectivity index (χ1v) is 9.58. The highest BCUT2D eigenvalue weighted by Crippen LogP contribution is 2.35. The van der Waals surface area contributed by atoms with Gasteiger partial charge in [-0.05, 0) is 43.5 Å². The summed E-state index contributed by atoms with van der Waals surface area (Å²) >= 11 is 1.47. The molecule has 1 fully saturated rings. The summed E-state index contributed by atoms with van der Waals surface area (Å²) in [6.07, 6.45) is 7.58. The first-order chi connectivity index (χ1) is 12.6. The highest BCUT2D eigenvalue weighted by molar-refractivity contribution is 7.13. The Kier molecular flexibility index (Phi) is 5.88. The number of aryl methyl sites for hydroxylation is 1. The number of methoxy groups -OCH3 is 1. The lowest BCUT2D eigenvalue weighted by Gasteiger charge is -2.18. The molecule has 6 nitrogen and oxygen atoms in total. The topological polar surface area (TPSA) is 83.8 Å². The first-order valence-electron chi connectivity index (χ1n) is 8.76. The van der Waals surface area contributed by atoms with E-state index in [1.165, 1.54) is 50.0 Å². The zero-order valence-electron chi connectivity index (χ0n) is 15.0. The summed E-state index contributed by atoms with van der Waals surface area (Å²) in [7, 11) is 1.49. The van der Waals surface area contributed by atoms with E-state index in [0.717, 1.165) is 23.5 Å². The van der Waals surface area contributed by atoms with Crippen LogP contribution < -0.4 is 10.2 Å². The summed E-state index contributed by atoms with van der Waals surface area (Å²) in [5, 5.41) is 14.8. The van der Waals surface area contributed by atoms with Crippen LogP contribution in [0.15, 0.2) is 23.3 Å². The van der Waals surface area contributed by atoms with Gasteiger partial charge in [0.1, 0.15) is 4.88 Å². The fourth-order valence-electron chi connectivity index (χ4n) is 3.16. The third-order valence-corrected chi connectivity index (χ3v) is 5.88. The lowest BCUT2D eigenvalue weighted by Crippen LogP contribution is -2.17. The van der Waals surface area contributed by atoms with Crippen molar-refractivity contribution in [2.24, 2.45) is 5.10 Å². The molecule has 1 heterocycles. The second-order valence-electron chi connectivity index (χ2n) is 6.43. The molecule has 1 aliphatic carbocycles. The lowest BCUT2D eigenvalue weighted by molar-refractivity contribution is 0.0958. The van der Waals surface area contributed by atoms with Crippen molar-refractivity contribution >= 4 is 23.5 Å². The highest BCUT2D eigenvalue weighted by Gasteiger charge is 2.22. The van der Waals surface area contributed by atoms with E-state index >= 15 is 0 Å². The van der Waals surface area contributed by atoms with Gasteiger partial charge in [-0.25, -0.2) is 10.4 Å². The third kappa shape index (κ3) is 4.22. The number of amides is 1. The van der Waals surface area contributed by atoms with E-state index in [4.69, 9.17) is 4.74 Å². The normalized spacial score (nSPS) is 15.3. The van der Waals surface area contributed by atoms with Crippen molar-refractivity contribution in [2.45, 2.75) is 44.9 Å². The number of aromatic nitrogens is 1. The van der Waals surface area contributed by atoms with Crippen molar-refractivity contribution in [2.75, 3.05) is 7.11 Å². The number of phenols is 1. The van der Waals surface area contributed by atoms with Gasteiger partial charge < -0.3 is 9.84 Å². The molecule has 1 aromatic heterocycles. The molecular formula is C19H23N3O3S. The highest BCUT2D eigenvalue weighted by atomic mass is 32.1. The Bertz CT molecular complexity index is 810. The molecule has 1 aromatic carbocycles. The SMILES string of the molecule is COc1ccc(/C=N/NC(=O)c2sc(C3CCCCC3)nc2C)cc1O. The minimum absolute atomic E-state index is 0.0261. The van der Waals surface area contributed by atoms with E-state index in [1.54, 1.807) is 12.1 Å². The zero-order chi connectivity index (χ0) is 18.5. The molecule has 0 saturated heterocycles. The fourth-order valence-corrected chi connectivity index (χ4v) is 4.28. The van der Waals surface area contributed by atoms with Gasteiger partial charge in [0.05, 0.1) is 24.0 Å². The van der Waals surface area contributed by atoms with Crippen molar-refractivity contribution in [3.8, 4) is 11.5 Å². The van der Waals surface area contributed by atoms with Gasteiger partial charge in [-0.3, -0.25) is 4.79 Å². The molecule has 0 spiro atoms. The van der Waals surface area contributed by atoms with Gasteiger partial charge in [0.15, 0.2) is 11.5 Å². The van der Waals surface area contributed by atoms with Gasteiger partial charge in [0.25, 0.3) is 5.91 Å². The first kappa shape index (κ1) is 18.4. The molecule has 1 saturated carbocycles. The number of phenolic OH excluding ortho intramolecular Hbond substituents is 1. The van der Waals surface area contributed by atoms with Gasteiger partial charge in [0, 0.05) is 5.92 Å². The molecule has 0 radical (unpaired) electrons. The Hall–Kier alpha value is -2.41. The summed E-state index contributed by atoms with van der Waals surface area (Å²) in [6, 6.07) is 4.91. The van der Waals surface area contributed by atoms with E-state index in [9.17, 15) is 9.90 Å². The minimum atomic E-state index is -0.254. The molecule has 138 valence electrons. The minimum Gasteiger partial charge on any atom is -0.504 e. The molecule has 7 heteroatoms. The molecule has 2 N–H and O–H groups in total. The Morgan fingerprint density at radius 3 is 2.85 bits per heavy atom. The third-order valence-electron chi connectivity index (χ3n) is 4.56. The fraction of sp³-hybridized carbons (Fsp3) is 0.421. The van der Waals surface area contributed by atoms with E-state index < -0.39 is 0 Å². The van der Waals surface area contributed by atoms with Crippen LogP contribution in [-0.2, 0) is 0 Å². The summed E-state index contributed by atoms with van der Waals surface area (Å²) in [5.41, 5.74) is 3.96.